The van der Waals surface area contributed by atoms with Crippen LogP contribution in [0.15, 0.2) is 64.9 Å². The van der Waals surface area contributed by atoms with Gasteiger partial charge in [0.1, 0.15) is 0 Å². The van der Waals surface area contributed by atoms with E-state index >= 15 is 0 Å². The van der Waals surface area contributed by atoms with Gasteiger partial charge in [-0.05, 0) is 42.8 Å². The monoisotopic (exact) mass is 416 g/mol. The molecule has 144 valence electrons. The average Bonchev–Trinajstić information content (AvgIpc) is 3.15. The largest absolute Gasteiger partial charge is 0.478 e. The number of aryl methyl sites for hydroxylation is 1. The van der Waals surface area contributed by atoms with Crippen molar-refractivity contribution in [1.82, 2.24) is 0 Å². The van der Waals surface area contributed by atoms with Gasteiger partial charge < -0.3 is 10.4 Å². The third kappa shape index (κ3) is 4.38. The van der Waals surface area contributed by atoms with Gasteiger partial charge in [0.15, 0.2) is 0 Å². The highest BCUT2D eigenvalue weighted by Crippen LogP contribution is 2.24. The number of anilines is 2. The molecule has 0 bridgehead atoms. The molecule has 0 saturated heterocycles. The van der Waals surface area contributed by atoms with Gasteiger partial charge in [0, 0.05) is 16.8 Å². The molecule has 0 aliphatic heterocycles. The molecule has 1 heterocycles. The summed E-state index contributed by atoms with van der Waals surface area (Å²) in [4.78, 5) is 23.6. The molecule has 2 aromatic carbocycles. The van der Waals surface area contributed by atoms with Crippen molar-refractivity contribution in [2.45, 2.75) is 11.8 Å². The summed E-state index contributed by atoms with van der Waals surface area (Å²) in [5.74, 6) is -1.57. The summed E-state index contributed by atoms with van der Waals surface area (Å²) < 4.78 is 27.4. The van der Waals surface area contributed by atoms with Gasteiger partial charge in [-0.25, -0.2) is 13.2 Å². The molecule has 0 radical (unpaired) electrons. The summed E-state index contributed by atoms with van der Waals surface area (Å²) in [7, 11) is -3.96. The van der Waals surface area contributed by atoms with Crippen molar-refractivity contribution in [3.63, 3.8) is 0 Å². The van der Waals surface area contributed by atoms with E-state index in [1.165, 1.54) is 35.7 Å². The highest BCUT2D eigenvalue weighted by molar-refractivity contribution is 7.92. The third-order valence-electron chi connectivity index (χ3n) is 3.86. The second-order valence-corrected chi connectivity index (χ2v) is 8.50. The molecule has 0 aliphatic carbocycles. The number of hydrogen-bond donors (Lipinski definition) is 3. The SMILES string of the molecule is Cc1ccccc1NC(=O)c1cc(S(=O)(=O)Nc2cccc(C(=O)O)c2)cs1. The van der Waals surface area contributed by atoms with Crippen LogP contribution < -0.4 is 10.0 Å². The zero-order chi connectivity index (χ0) is 20.3. The van der Waals surface area contributed by atoms with Gasteiger partial charge in [-0.2, -0.15) is 0 Å². The summed E-state index contributed by atoms with van der Waals surface area (Å²) in [5.41, 5.74) is 1.62. The predicted octanol–water partition coefficient (Wildman–Crippen LogP) is 3.81. The van der Waals surface area contributed by atoms with Crippen molar-refractivity contribution < 1.29 is 23.1 Å². The summed E-state index contributed by atoms with van der Waals surface area (Å²) in [5, 5.41) is 13.1. The summed E-state index contributed by atoms with van der Waals surface area (Å²) in [6, 6.07) is 14.0. The molecular weight excluding hydrogens is 400 g/mol. The number of carboxylic acids is 1. The second kappa shape index (κ2) is 7.83. The Morgan fingerprint density at radius 1 is 1.04 bits per heavy atom. The van der Waals surface area contributed by atoms with Gasteiger partial charge in [0.25, 0.3) is 15.9 Å². The standard InChI is InChI=1S/C19H16N2O5S2/c1-12-5-2-3-8-16(12)20-18(22)17-10-15(11-27-17)28(25,26)21-14-7-4-6-13(9-14)19(23)24/h2-11,21H,1H3,(H,20,22)(H,23,24). The Hall–Kier alpha value is -3.17. The number of nitrogens with one attached hydrogen (secondary N) is 2. The molecule has 3 aromatic rings. The first-order valence-corrected chi connectivity index (χ1v) is 10.4. The maximum Gasteiger partial charge on any atom is 0.335 e. The van der Waals surface area contributed by atoms with Gasteiger partial charge in [-0.1, -0.05) is 24.3 Å². The first-order valence-electron chi connectivity index (χ1n) is 8.08. The maximum atomic E-state index is 12.5. The van der Waals surface area contributed by atoms with Crippen LogP contribution in [0.25, 0.3) is 0 Å². The third-order valence-corrected chi connectivity index (χ3v) is 6.30. The maximum absolute atomic E-state index is 12.5. The molecule has 7 nitrogen and oxygen atoms in total. The summed E-state index contributed by atoms with van der Waals surface area (Å²) in [6.45, 7) is 1.86. The Kier molecular flexibility index (Phi) is 5.48. The van der Waals surface area contributed by atoms with Crippen molar-refractivity contribution in [3.8, 4) is 0 Å². The van der Waals surface area contributed by atoms with E-state index < -0.39 is 21.9 Å². The lowest BCUT2D eigenvalue weighted by atomic mass is 10.2. The molecule has 9 heteroatoms. The number of carbonyl (C=O) groups excluding carboxylic acids is 1. The fraction of sp³-hybridized carbons (Fsp3) is 0.0526. The van der Waals surface area contributed by atoms with Crippen LogP contribution in [0.3, 0.4) is 0 Å². The number of amides is 1. The van der Waals surface area contributed by atoms with Crippen LogP contribution >= 0.6 is 11.3 Å². The van der Waals surface area contributed by atoms with Crippen LogP contribution in [0.2, 0.25) is 0 Å². The minimum Gasteiger partial charge on any atom is -0.478 e. The van der Waals surface area contributed by atoms with E-state index in [1.807, 2.05) is 19.1 Å². The number of rotatable bonds is 6. The van der Waals surface area contributed by atoms with Crippen molar-refractivity contribution in [2.75, 3.05) is 10.0 Å². The highest BCUT2D eigenvalue weighted by Gasteiger charge is 2.20. The van der Waals surface area contributed by atoms with E-state index in [9.17, 15) is 18.0 Å². The molecule has 3 N–H and O–H groups in total. The van der Waals surface area contributed by atoms with Crippen LogP contribution in [0, 0.1) is 6.92 Å². The number of thiophene rings is 1. The van der Waals surface area contributed by atoms with E-state index in [2.05, 4.69) is 10.0 Å². The number of carbonyl (C=O) groups is 2. The molecular formula is C19H16N2O5S2. The predicted molar refractivity (Wildman–Crippen MR) is 108 cm³/mol. The molecule has 28 heavy (non-hydrogen) atoms. The van der Waals surface area contributed by atoms with Crippen molar-refractivity contribution in [2.24, 2.45) is 0 Å². The van der Waals surface area contributed by atoms with E-state index in [0.717, 1.165) is 16.9 Å². The normalized spacial score (nSPS) is 11.0. The van der Waals surface area contributed by atoms with Crippen molar-refractivity contribution in [1.29, 1.82) is 0 Å². The molecule has 0 unspecified atom stereocenters. The number of benzene rings is 2. The minimum atomic E-state index is -3.96. The molecule has 0 aliphatic rings. The zero-order valence-corrected chi connectivity index (χ0v) is 16.3. The van der Waals surface area contributed by atoms with Crippen LogP contribution in [-0.4, -0.2) is 25.4 Å². The van der Waals surface area contributed by atoms with Gasteiger partial charge in [0.05, 0.1) is 15.3 Å². The molecule has 0 fully saturated rings. The van der Waals surface area contributed by atoms with Gasteiger partial charge in [-0.3, -0.25) is 9.52 Å². The molecule has 0 atom stereocenters. The fourth-order valence-electron chi connectivity index (χ4n) is 2.41. The molecule has 1 aromatic heterocycles. The Morgan fingerprint density at radius 3 is 2.50 bits per heavy atom. The summed E-state index contributed by atoms with van der Waals surface area (Å²) in [6.07, 6.45) is 0. The average molecular weight is 416 g/mol. The van der Waals surface area contributed by atoms with Crippen LogP contribution in [0.1, 0.15) is 25.6 Å². The van der Waals surface area contributed by atoms with Crippen LogP contribution in [0.4, 0.5) is 11.4 Å². The number of carboxylic acid groups (broad SMARTS) is 1. The fourth-order valence-corrected chi connectivity index (χ4v) is 4.62. The minimum absolute atomic E-state index is 0.0381. The van der Waals surface area contributed by atoms with E-state index in [-0.39, 0.29) is 21.0 Å². The Labute approximate surface area is 165 Å². The topological polar surface area (TPSA) is 113 Å². The van der Waals surface area contributed by atoms with Crippen LogP contribution in [0.5, 0.6) is 0 Å². The van der Waals surface area contributed by atoms with Crippen molar-refractivity contribution in [3.05, 3.63) is 76.0 Å². The summed E-state index contributed by atoms with van der Waals surface area (Å²) >= 11 is 1.00. The van der Waals surface area contributed by atoms with Crippen molar-refractivity contribution >= 4 is 44.6 Å². The number of para-hydroxylation sites is 1. The van der Waals surface area contributed by atoms with Gasteiger partial charge >= 0.3 is 5.97 Å². The van der Waals surface area contributed by atoms with E-state index in [0.29, 0.717) is 5.69 Å². The molecule has 1 amide bonds. The van der Waals surface area contributed by atoms with E-state index in [4.69, 9.17) is 5.11 Å². The highest BCUT2D eigenvalue weighted by atomic mass is 32.2. The lowest BCUT2D eigenvalue weighted by Crippen LogP contribution is -2.13. The first kappa shape index (κ1) is 19.6. The second-order valence-electron chi connectivity index (χ2n) is 5.91. The van der Waals surface area contributed by atoms with E-state index in [1.54, 1.807) is 12.1 Å². The Balaban J connectivity index is 1.78. The number of hydrogen-bond acceptors (Lipinski definition) is 5. The first-order chi connectivity index (χ1) is 13.3. The number of aromatic carboxylic acids is 1. The lowest BCUT2D eigenvalue weighted by Gasteiger charge is -2.07. The smallest absolute Gasteiger partial charge is 0.335 e. The quantitative estimate of drug-likeness (QED) is 0.566. The molecule has 3 rings (SSSR count). The zero-order valence-electron chi connectivity index (χ0n) is 14.7. The Morgan fingerprint density at radius 2 is 1.79 bits per heavy atom. The van der Waals surface area contributed by atoms with Crippen LogP contribution in [-0.2, 0) is 10.0 Å². The number of sulfonamides is 1. The van der Waals surface area contributed by atoms with Gasteiger partial charge in [-0.15, -0.1) is 11.3 Å². The molecule has 0 saturated carbocycles. The lowest BCUT2D eigenvalue weighted by molar-refractivity contribution is 0.0696. The van der Waals surface area contributed by atoms with Gasteiger partial charge in [0.2, 0.25) is 0 Å². The Bertz CT molecular complexity index is 1150. The molecule has 0 spiro atoms.